The van der Waals surface area contributed by atoms with E-state index < -0.39 is 9.84 Å². The lowest BCUT2D eigenvalue weighted by Crippen LogP contribution is -1.98. The van der Waals surface area contributed by atoms with Crippen LogP contribution in [0.4, 0.5) is 0 Å². The number of benzene rings is 2. The van der Waals surface area contributed by atoms with Crippen LogP contribution in [0, 0.1) is 6.92 Å². The average molecular weight is 258 g/mol. The summed E-state index contributed by atoms with van der Waals surface area (Å²) in [6.07, 6.45) is 1.61. The van der Waals surface area contributed by atoms with Crippen LogP contribution >= 0.6 is 0 Å². The van der Waals surface area contributed by atoms with Crippen molar-refractivity contribution in [2.24, 2.45) is 0 Å². The van der Waals surface area contributed by atoms with E-state index in [1.807, 2.05) is 36.4 Å². The van der Waals surface area contributed by atoms with Crippen molar-refractivity contribution in [2.45, 2.75) is 11.8 Å². The average Bonchev–Trinajstić information content (AvgIpc) is 2.38. The normalized spacial score (nSPS) is 11.8. The molecule has 0 aromatic heterocycles. The van der Waals surface area contributed by atoms with Crippen LogP contribution in [0.1, 0.15) is 11.1 Å². The lowest BCUT2D eigenvalue weighted by molar-refractivity contribution is 0.604. The summed E-state index contributed by atoms with van der Waals surface area (Å²) in [4.78, 5) is 0.359. The molecule has 3 heteroatoms. The molecule has 0 saturated heterocycles. The van der Waals surface area contributed by atoms with Gasteiger partial charge >= 0.3 is 0 Å². The summed E-state index contributed by atoms with van der Waals surface area (Å²) >= 11 is 0. The molecule has 0 saturated carbocycles. The Balaban J connectivity index is 2.34. The van der Waals surface area contributed by atoms with Crippen molar-refractivity contribution < 1.29 is 8.42 Å². The van der Waals surface area contributed by atoms with Gasteiger partial charge in [0, 0.05) is 5.41 Å². The smallest absolute Gasteiger partial charge is 0.200 e. The van der Waals surface area contributed by atoms with E-state index >= 15 is 0 Å². The lowest BCUT2D eigenvalue weighted by atomic mass is 10.2. The second-order valence-corrected chi connectivity index (χ2v) is 5.83. The van der Waals surface area contributed by atoms with Gasteiger partial charge in [0.2, 0.25) is 0 Å². The quantitative estimate of drug-likeness (QED) is 0.845. The zero-order valence-corrected chi connectivity index (χ0v) is 10.9. The SMILES string of the molecule is Cc1ccccc1S(=O)(=O)/C=C/c1ccccc1. The molecule has 0 bridgehead atoms. The second kappa shape index (κ2) is 5.19. The van der Waals surface area contributed by atoms with Crippen molar-refractivity contribution >= 4 is 15.9 Å². The van der Waals surface area contributed by atoms with Crippen LogP contribution in [-0.4, -0.2) is 8.42 Å². The highest BCUT2D eigenvalue weighted by atomic mass is 32.2. The number of rotatable bonds is 3. The Kier molecular flexibility index (Phi) is 3.63. The molecule has 0 spiro atoms. The first-order chi connectivity index (χ1) is 8.59. The van der Waals surface area contributed by atoms with Gasteiger partial charge in [-0.15, -0.1) is 0 Å². The maximum atomic E-state index is 12.1. The molecule has 2 rings (SSSR count). The number of sulfone groups is 1. The Bertz CT molecular complexity index is 656. The highest BCUT2D eigenvalue weighted by molar-refractivity contribution is 7.94. The first-order valence-electron chi connectivity index (χ1n) is 5.63. The molecule has 0 heterocycles. The molecule has 0 N–H and O–H groups in total. The summed E-state index contributed by atoms with van der Waals surface area (Å²) in [5.41, 5.74) is 1.63. The van der Waals surface area contributed by atoms with Crippen LogP contribution in [0.2, 0.25) is 0 Å². The summed E-state index contributed by atoms with van der Waals surface area (Å²) in [6.45, 7) is 1.79. The highest BCUT2D eigenvalue weighted by Crippen LogP contribution is 2.17. The van der Waals surface area contributed by atoms with Gasteiger partial charge in [-0.3, -0.25) is 0 Å². The van der Waals surface area contributed by atoms with Crippen LogP contribution in [0.15, 0.2) is 64.9 Å². The standard InChI is InChI=1S/C15H14O2S/c1-13-7-5-6-10-15(13)18(16,17)12-11-14-8-3-2-4-9-14/h2-12H,1H3/b12-11+. The zero-order valence-electron chi connectivity index (χ0n) is 10.1. The van der Waals surface area contributed by atoms with Crippen LogP contribution in [0.25, 0.3) is 6.08 Å². The van der Waals surface area contributed by atoms with Gasteiger partial charge < -0.3 is 0 Å². The Morgan fingerprint density at radius 3 is 2.17 bits per heavy atom. The fraction of sp³-hybridized carbons (Fsp3) is 0.0667. The maximum Gasteiger partial charge on any atom is 0.200 e. The van der Waals surface area contributed by atoms with Crippen molar-refractivity contribution in [1.82, 2.24) is 0 Å². The molecular weight excluding hydrogens is 244 g/mol. The van der Waals surface area contributed by atoms with E-state index in [9.17, 15) is 8.42 Å². The Labute approximate surface area is 108 Å². The minimum absolute atomic E-state index is 0.359. The van der Waals surface area contributed by atoms with Crippen LogP contribution < -0.4 is 0 Å². The van der Waals surface area contributed by atoms with Crippen molar-refractivity contribution in [3.63, 3.8) is 0 Å². The number of aryl methyl sites for hydroxylation is 1. The molecule has 18 heavy (non-hydrogen) atoms. The van der Waals surface area contributed by atoms with Gasteiger partial charge in [0.15, 0.2) is 9.84 Å². The maximum absolute atomic E-state index is 12.1. The molecule has 0 fully saturated rings. The largest absolute Gasteiger partial charge is 0.219 e. The molecular formula is C15H14O2S. The lowest BCUT2D eigenvalue weighted by Gasteiger charge is -2.02. The topological polar surface area (TPSA) is 34.1 Å². The molecule has 2 nitrogen and oxygen atoms in total. The monoisotopic (exact) mass is 258 g/mol. The van der Waals surface area contributed by atoms with E-state index in [0.29, 0.717) is 4.90 Å². The van der Waals surface area contributed by atoms with Gasteiger partial charge in [-0.2, -0.15) is 0 Å². The summed E-state index contributed by atoms with van der Waals surface area (Å²) in [5.74, 6) is 0. The summed E-state index contributed by atoms with van der Waals surface area (Å²) in [5, 5.41) is 1.25. The van der Waals surface area contributed by atoms with Gasteiger partial charge in [0.05, 0.1) is 4.90 Å². The molecule has 0 atom stereocenters. The van der Waals surface area contributed by atoms with E-state index in [1.165, 1.54) is 5.41 Å². The fourth-order valence-electron chi connectivity index (χ4n) is 1.68. The van der Waals surface area contributed by atoms with Gasteiger partial charge in [0.25, 0.3) is 0 Å². The zero-order chi connectivity index (χ0) is 13.0. The Hall–Kier alpha value is -1.87. The molecule has 0 amide bonds. The van der Waals surface area contributed by atoms with Crippen molar-refractivity contribution in [2.75, 3.05) is 0 Å². The van der Waals surface area contributed by atoms with Gasteiger partial charge in [0.1, 0.15) is 0 Å². The molecule has 0 radical (unpaired) electrons. The van der Waals surface area contributed by atoms with Crippen molar-refractivity contribution in [1.29, 1.82) is 0 Å². The van der Waals surface area contributed by atoms with Crippen molar-refractivity contribution in [3.8, 4) is 0 Å². The van der Waals surface area contributed by atoms with Crippen LogP contribution in [0.3, 0.4) is 0 Å². The highest BCUT2D eigenvalue weighted by Gasteiger charge is 2.12. The predicted molar refractivity (Wildman–Crippen MR) is 73.8 cm³/mol. The third kappa shape index (κ3) is 2.87. The van der Waals surface area contributed by atoms with Crippen molar-refractivity contribution in [3.05, 3.63) is 71.1 Å². The minimum Gasteiger partial charge on any atom is -0.219 e. The summed E-state index contributed by atoms with van der Waals surface area (Å²) in [6, 6.07) is 16.4. The molecule has 0 aliphatic rings. The number of hydrogen-bond acceptors (Lipinski definition) is 2. The molecule has 0 aliphatic heterocycles. The molecule has 92 valence electrons. The third-order valence-corrected chi connectivity index (χ3v) is 4.20. The molecule has 0 aliphatic carbocycles. The molecule has 0 unspecified atom stereocenters. The summed E-state index contributed by atoms with van der Waals surface area (Å²) < 4.78 is 24.3. The Morgan fingerprint density at radius 2 is 1.50 bits per heavy atom. The van der Waals surface area contributed by atoms with Gasteiger partial charge in [-0.25, -0.2) is 8.42 Å². The first kappa shape index (κ1) is 12.6. The summed E-state index contributed by atoms with van der Waals surface area (Å²) in [7, 11) is -3.37. The molecule has 2 aromatic rings. The van der Waals surface area contributed by atoms with E-state index in [2.05, 4.69) is 0 Å². The second-order valence-electron chi connectivity index (χ2n) is 4.02. The van der Waals surface area contributed by atoms with E-state index in [1.54, 1.807) is 31.2 Å². The van der Waals surface area contributed by atoms with E-state index in [0.717, 1.165) is 11.1 Å². The first-order valence-corrected chi connectivity index (χ1v) is 7.18. The third-order valence-electron chi connectivity index (χ3n) is 2.64. The van der Waals surface area contributed by atoms with Crippen LogP contribution in [0.5, 0.6) is 0 Å². The van der Waals surface area contributed by atoms with E-state index in [4.69, 9.17) is 0 Å². The minimum atomic E-state index is -3.37. The number of hydrogen-bond donors (Lipinski definition) is 0. The Morgan fingerprint density at radius 1 is 0.889 bits per heavy atom. The van der Waals surface area contributed by atoms with Gasteiger partial charge in [-0.1, -0.05) is 48.5 Å². The van der Waals surface area contributed by atoms with E-state index in [-0.39, 0.29) is 0 Å². The fourth-order valence-corrected chi connectivity index (χ4v) is 2.95. The van der Waals surface area contributed by atoms with Crippen LogP contribution in [-0.2, 0) is 9.84 Å². The van der Waals surface area contributed by atoms with Gasteiger partial charge in [-0.05, 0) is 30.2 Å². The predicted octanol–water partition coefficient (Wildman–Crippen LogP) is 3.44. The molecule has 2 aromatic carbocycles.